The zero-order valence-electron chi connectivity index (χ0n) is 31.3. The number of likely N-dealkylation sites (N-methyl/N-ethyl adjacent to an activating group) is 1. The SMILES string of the molecule is COc1cc2c(cc1O)CCN(C)[C@]21CS[C@@H]2c3c(OC(C)=O)c(C)c4c(c3[C@@H](COC1=O)N1C2[C@@H]2N[C@@H](Cc3cc(C)c(OC)c(O)c32)[C@@H]1C#N)OCO4. The maximum atomic E-state index is 14.9. The Hall–Kier alpha value is -4.88. The van der Waals surface area contributed by atoms with Crippen molar-refractivity contribution in [2.24, 2.45) is 0 Å². The van der Waals surface area contributed by atoms with Gasteiger partial charge >= 0.3 is 11.9 Å². The van der Waals surface area contributed by atoms with Crippen molar-refractivity contribution >= 4 is 23.7 Å². The summed E-state index contributed by atoms with van der Waals surface area (Å²) in [6, 6.07) is 5.13. The maximum absolute atomic E-state index is 14.9. The minimum absolute atomic E-state index is 0.0187. The molecular formula is C40H42N4O10S. The van der Waals surface area contributed by atoms with Crippen molar-refractivity contribution in [1.82, 2.24) is 15.1 Å². The number of nitriles is 1. The average Bonchev–Trinajstić information content (AvgIpc) is 3.65. The smallest absolute Gasteiger partial charge is 0.332 e. The van der Waals surface area contributed by atoms with Gasteiger partial charge < -0.3 is 44.0 Å². The Morgan fingerprint density at radius 1 is 1.05 bits per heavy atom. The van der Waals surface area contributed by atoms with Crippen molar-refractivity contribution in [3.8, 4) is 46.3 Å². The first-order chi connectivity index (χ1) is 26.4. The van der Waals surface area contributed by atoms with Gasteiger partial charge in [0.2, 0.25) is 6.79 Å². The van der Waals surface area contributed by atoms with Gasteiger partial charge in [0.05, 0.1) is 37.6 Å². The number of fused-ring (bicyclic) bond motifs is 9. The molecule has 288 valence electrons. The second-order valence-electron chi connectivity index (χ2n) is 15.1. The number of nitrogens with zero attached hydrogens (tertiary/aromatic N) is 3. The van der Waals surface area contributed by atoms with Gasteiger partial charge in [-0.25, -0.2) is 4.79 Å². The highest BCUT2D eigenvalue weighted by atomic mass is 32.2. The van der Waals surface area contributed by atoms with E-state index in [2.05, 4.69) is 16.3 Å². The molecule has 0 aliphatic carbocycles. The van der Waals surface area contributed by atoms with Crippen LogP contribution >= 0.6 is 11.8 Å². The summed E-state index contributed by atoms with van der Waals surface area (Å²) in [6.07, 6.45) is 1.05. The molecule has 2 saturated heterocycles. The number of esters is 2. The van der Waals surface area contributed by atoms with Gasteiger partial charge in [-0.2, -0.15) is 5.26 Å². The molecule has 1 unspecified atom stereocenters. The molecule has 2 fully saturated rings. The maximum Gasteiger partial charge on any atom is 0.332 e. The lowest BCUT2D eigenvalue weighted by Gasteiger charge is -2.59. The molecule has 1 spiro atoms. The Morgan fingerprint density at radius 2 is 1.84 bits per heavy atom. The second-order valence-corrected chi connectivity index (χ2v) is 16.2. The number of benzene rings is 3. The number of hydrogen-bond donors (Lipinski definition) is 3. The van der Waals surface area contributed by atoms with Crippen LogP contribution in [0.5, 0.6) is 40.2 Å². The summed E-state index contributed by atoms with van der Waals surface area (Å²) in [5.74, 6) is 1.01. The summed E-state index contributed by atoms with van der Waals surface area (Å²) < 4.78 is 36.1. The largest absolute Gasteiger partial charge is 0.504 e. The third-order valence-electron chi connectivity index (χ3n) is 12.4. The predicted octanol–water partition coefficient (Wildman–Crippen LogP) is 3.99. The summed E-state index contributed by atoms with van der Waals surface area (Å²) >= 11 is 1.49. The average molecular weight is 771 g/mol. The molecule has 7 heterocycles. The van der Waals surface area contributed by atoms with Crippen LogP contribution in [-0.4, -0.2) is 97.0 Å². The molecule has 55 heavy (non-hydrogen) atoms. The number of phenolic OH excluding ortho intramolecular Hbond substituents is 2. The number of aromatic hydroxyl groups is 2. The molecule has 4 bridgehead atoms. The lowest BCUT2D eigenvalue weighted by Crippen LogP contribution is -2.69. The Kier molecular flexibility index (Phi) is 8.36. The number of carbonyl (C=O) groups excluding carboxylic acids is 2. The normalized spacial score (nSPS) is 28.9. The van der Waals surface area contributed by atoms with Gasteiger partial charge in [0.15, 0.2) is 40.0 Å². The minimum Gasteiger partial charge on any atom is -0.504 e. The summed E-state index contributed by atoms with van der Waals surface area (Å²) in [5, 5.41) is 37.0. The van der Waals surface area contributed by atoms with Crippen LogP contribution < -0.4 is 29.0 Å². The Labute approximate surface area is 322 Å². The second kappa shape index (κ2) is 12.8. The summed E-state index contributed by atoms with van der Waals surface area (Å²) in [6.45, 7) is 5.34. The molecule has 14 nitrogen and oxygen atoms in total. The molecule has 3 aromatic rings. The molecular weight excluding hydrogens is 729 g/mol. The van der Waals surface area contributed by atoms with E-state index >= 15 is 0 Å². The lowest BCUT2D eigenvalue weighted by molar-refractivity contribution is -0.161. The fourth-order valence-corrected chi connectivity index (χ4v) is 11.9. The van der Waals surface area contributed by atoms with E-state index in [4.69, 9.17) is 28.4 Å². The van der Waals surface area contributed by atoms with Crippen LogP contribution in [0.15, 0.2) is 18.2 Å². The number of thioether (sulfide) groups is 1. The van der Waals surface area contributed by atoms with Crippen molar-refractivity contribution in [2.45, 2.75) is 74.6 Å². The molecule has 7 aliphatic heterocycles. The monoisotopic (exact) mass is 770 g/mol. The number of ether oxygens (including phenoxy) is 6. The number of rotatable bonds is 3. The molecule has 10 rings (SSSR count). The standard InChI is InChI=1S/C40H42N4O10S/c1-17-9-21-10-23-24(13-41)44-25-14-51-39(48)40(22-12-27(49-5)26(46)11-20(22)7-8-43(40)4)15-55-38(32(44)31(42-23)28(21)33(47)34(17)50-6)30-29(25)37-36(52-16-53-37)18(2)35(30)54-19(3)45/h9,11-12,23-25,31-32,38,42,46-47H,7-8,10,14-16H2,1-6H3/t23-,24-,25+,31+,32?,38+,40+/m0/s1. The number of nitrogens with one attached hydrogen (secondary N) is 1. The fourth-order valence-electron chi connectivity index (χ4n) is 10.1. The summed E-state index contributed by atoms with van der Waals surface area (Å²) in [5.41, 5.74) is 4.44. The number of aryl methyl sites for hydroxylation is 1. The molecule has 0 radical (unpaired) electrons. The van der Waals surface area contributed by atoms with Crippen LogP contribution in [-0.2, 0) is 32.7 Å². The van der Waals surface area contributed by atoms with Crippen molar-refractivity contribution < 1.29 is 48.2 Å². The van der Waals surface area contributed by atoms with Gasteiger partial charge in [0, 0.05) is 53.6 Å². The first-order valence-corrected chi connectivity index (χ1v) is 19.4. The van der Waals surface area contributed by atoms with Gasteiger partial charge in [-0.1, -0.05) is 6.07 Å². The van der Waals surface area contributed by atoms with E-state index in [0.717, 1.165) is 16.7 Å². The minimum atomic E-state index is -1.32. The van der Waals surface area contributed by atoms with E-state index in [-0.39, 0.29) is 42.4 Å². The molecule has 15 heteroatoms. The zero-order chi connectivity index (χ0) is 38.7. The van der Waals surface area contributed by atoms with Gasteiger partial charge in [-0.15, -0.1) is 11.8 Å². The van der Waals surface area contributed by atoms with Crippen LogP contribution in [0.3, 0.4) is 0 Å². The molecule has 0 aromatic heterocycles. The highest BCUT2D eigenvalue weighted by Crippen LogP contribution is 2.63. The summed E-state index contributed by atoms with van der Waals surface area (Å²) in [7, 11) is 4.89. The van der Waals surface area contributed by atoms with Crippen LogP contribution in [0.25, 0.3) is 0 Å². The number of methoxy groups -OCH3 is 2. The Balaban J connectivity index is 1.33. The van der Waals surface area contributed by atoms with Crippen molar-refractivity contribution in [2.75, 3.05) is 47.0 Å². The van der Waals surface area contributed by atoms with Crippen molar-refractivity contribution in [3.05, 3.63) is 62.7 Å². The van der Waals surface area contributed by atoms with Crippen LogP contribution in [0.2, 0.25) is 0 Å². The lowest BCUT2D eigenvalue weighted by atomic mass is 9.72. The van der Waals surface area contributed by atoms with Crippen LogP contribution in [0.4, 0.5) is 0 Å². The first kappa shape index (κ1) is 35.8. The number of piperazine rings is 1. The number of hydrogen-bond acceptors (Lipinski definition) is 15. The molecule has 0 amide bonds. The third-order valence-corrected chi connectivity index (χ3v) is 13.9. The quantitative estimate of drug-likeness (QED) is 0.258. The van der Waals surface area contributed by atoms with Gasteiger partial charge in [-0.3, -0.25) is 14.6 Å². The molecule has 7 aliphatic rings. The third kappa shape index (κ3) is 4.90. The molecule has 0 saturated carbocycles. The summed E-state index contributed by atoms with van der Waals surface area (Å²) in [4.78, 5) is 32.0. The predicted molar refractivity (Wildman–Crippen MR) is 198 cm³/mol. The van der Waals surface area contributed by atoms with E-state index in [1.807, 2.05) is 31.9 Å². The van der Waals surface area contributed by atoms with Gasteiger partial charge in [0.25, 0.3) is 0 Å². The van der Waals surface area contributed by atoms with E-state index in [1.165, 1.54) is 32.9 Å². The first-order valence-electron chi connectivity index (χ1n) is 18.3. The zero-order valence-corrected chi connectivity index (χ0v) is 32.2. The molecule has 7 atom stereocenters. The highest BCUT2D eigenvalue weighted by molar-refractivity contribution is 7.99. The Bertz CT molecular complexity index is 2220. The van der Waals surface area contributed by atoms with Crippen LogP contribution in [0, 0.1) is 25.2 Å². The molecule has 3 aromatic carbocycles. The van der Waals surface area contributed by atoms with E-state index in [1.54, 1.807) is 12.1 Å². The van der Waals surface area contributed by atoms with Gasteiger partial charge in [0.1, 0.15) is 18.4 Å². The highest BCUT2D eigenvalue weighted by Gasteiger charge is 2.61. The van der Waals surface area contributed by atoms with E-state index in [0.29, 0.717) is 70.2 Å². The number of phenols is 2. The van der Waals surface area contributed by atoms with Crippen LogP contribution in [0.1, 0.15) is 68.8 Å². The number of carbonyl (C=O) groups is 2. The van der Waals surface area contributed by atoms with Crippen molar-refractivity contribution in [1.29, 1.82) is 5.26 Å². The Morgan fingerprint density at radius 3 is 2.56 bits per heavy atom. The van der Waals surface area contributed by atoms with Gasteiger partial charge in [-0.05, 0) is 68.1 Å². The van der Waals surface area contributed by atoms with E-state index in [9.17, 15) is 25.1 Å². The molecule has 3 N–H and O–H groups in total. The van der Waals surface area contributed by atoms with Crippen molar-refractivity contribution in [3.63, 3.8) is 0 Å². The van der Waals surface area contributed by atoms with E-state index < -0.39 is 46.9 Å². The topological polar surface area (TPSA) is 172 Å². The fraction of sp³-hybridized carbons (Fsp3) is 0.475.